The van der Waals surface area contributed by atoms with Crippen LogP contribution in [-0.4, -0.2) is 19.2 Å². The molecule has 1 aromatic rings. The first-order valence-corrected chi connectivity index (χ1v) is 4.81. The van der Waals surface area contributed by atoms with Gasteiger partial charge in [-0.1, -0.05) is 6.07 Å². The summed E-state index contributed by atoms with van der Waals surface area (Å²) in [5, 5.41) is 0. The molecule has 2 N–H and O–H groups in total. The fourth-order valence-corrected chi connectivity index (χ4v) is 1.19. The van der Waals surface area contributed by atoms with Gasteiger partial charge in [0.1, 0.15) is 11.6 Å². The summed E-state index contributed by atoms with van der Waals surface area (Å²) in [5.41, 5.74) is 5.72. The molecule has 1 atom stereocenters. The fourth-order valence-electron chi connectivity index (χ4n) is 1.19. The molecular formula is C11H15ClFNO3. The Balaban J connectivity index is 0.00000256. The molecule has 0 bridgehead atoms. The topological polar surface area (TPSA) is 61.5 Å². The van der Waals surface area contributed by atoms with E-state index in [9.17, 15) is 9.18 Å². The van der Waals surface area contributed by atoms with Gasteiger partial charge in [-0.3, -0.25) is 0 Å². The number of carbonyl (C=O) groups excluding carboxylic acids is 1. The van der Waals surface area contributed by atoms with Crippen LogP contribution in [-0.2, 0) is 16.1 Å². The predicted octanol–water partition coefficient (Wildman–Crippen LogP) is 1.65. The number of rotatable bonds is 4. The molecule has 6 heteroatoms. The SMILES string of the molecule is COC(=O)[C@@H](C)Oc1ccc(CN)c(F)c1.Cl. The molecule has 0 aliphatic heterocycles. The lowest BCUT2D eigenvalue weighted by molar-refractivity contribution is -0.147. The lowest BCUT2D eigenvalue weighted by Crippen LogP contribution is -2.24. The zero-order valence-corrected chi connectivity index (χ0v) is 10.4. The van der Waals surface area contributed by atoms with Crippen LogP contribution in [0.4, 0.5) is 4.39 Å². The molecule has 4 nitrogen and oxygen atoms in total. The van der Waals surface area contributed by atoms with E-state index in [0.29, 0.717) is 5.56 Å². The molecule has 1 rings (SSSR count). The lowest BCUT2D eigenvalue weighted by Gasteiger charge is -2.12. The monoisotopic (exact) mass is 263 g/mol. The first kappa shape index (κ1) is 15.7. The van der Waals surface area contributed by atoms with E-state index in [0.717, 1.165) is 0 Å². The molecule has 0 aliphatic rings. The van der Waals surface area contributed by atoms with Gasteiger partial charge in [0.25, 0.3) is 0 Å². The van der Waals surface area contributed by atoms with Crippen LogP contribution in [0.25, 0.3) is 0 Å². The number of esters is 1. The molecule has 0 heterocycles. The van der Waals surface area contributed by atoms with Crippen LogP contribution in [0.3, 0.4) is 0 Å². The van der Waals surface area contributed by atoms with E-state index in [1.165, 1.54) is 26.2 Å². The van der Waals surface area contributed by atoms with Gasteiger partial charge in [-0.25, -0.2) is 9.18 Å². The molecule has 17 heavy (non-hydrogen) atoms. The van der Waals surface area contributed by atoms with Gasteiger partial charge in [-0.2, -0.15) is 0 Å². The van der Waals surface area contributed by atoms with Gasteiger partial charge in [0.15, 0.2) is 6.10 Å². The molecule has 96 valence electrons. The summed E-state index contributed by atoms with van der Waals surface area (Å²) < 4.78 is 23.0. The highest BCUT2D eigenvalue weighted by Crippen LogP contribution is 2.17. The Bertz CT molecular complexity index is 387. The number of nitrogens with two attached hydrogens (primary N) is 1. The van der Waals surface area contributed by atoms with Crippen molar-refractivity contribution in [2.45, 2.75) is 19.6 Å². The standard InChI is InChI=1S/C11H14FNO3.ClH/c1-7(11(14)15-2)16-9-4-3-8(6-13)10(12)5-9;/h3-5,7H,6,13H2,1-2H3;1H/t7-;/m1./s1. The molecule has 0 amide bonds. The van der Waals surface area contributed by atoms with E-state index in [-0.39, 0.29) is 24.7 Å². The van der Waals surface area contributed by atoms with Crippen LogP contribution >= 0.6 is 12.4 Å². The number of hydrogen-bond donors (Lipinski definition) is 1. The van der Waals surface area contributed by atoms with Crippen molar-refractivity contribution >= 4 is 18.4 Å². The maximum absolute atomic E-state index is 13.3. The smallest absolute Gasteiger partial charge is 0.346 e. The summed E-state index contributed by atoms with van der Waals surface area (Å²) in [5.74, 6) is -0.687. The van der Waals surface area contributed by atoms with Crippen molar-refractivity contribution in [3.63, 3.8) is 0 Å². The van der Waals surface area contributed by atoms with Crippen molar-refractivity contribution < 1.29 is 18.7 Å². The van der Waals surface area contributed by atoms with Crippen LogP contribution in [0.2, 0.25) is 0 Å². The van der Waals surface area contributed by atoms with Gasteiger partial charge in [-0.05, 0) is 13.0 Å². The third-order valence-electron chi connectivity index (χ3n) is 2.09. The number of halogens is 2. The van der Waals surface area contributed by atoms with E-state index in [1.54, 1.807) is 6.07 Å². The Kier molecular flexibility index (Phi) is 6.53. The second-order valence-electron chi connectivity index (χ2n) is 3.24. The maximum Gasteiger partial charge on any atom is 0.346 e. The van der Waals surface area contributed by atoms with E-state index in [4.69, 9.17) is 10.5 Å². The van der Waals surface area contributed by atoms with Crippen molar-refractivity contribution in [1.29, 1.82) is 0 Å². The Morgan fingerprint density at radius 1 is 1.53 bits per heavy atom. The van der Waals surface area contributed by atoms with Gasteiger partial charge in [0.05, 0.1) is 7.11 Å². The summed E-state index contributed by atoms with van der Waals surface area (Å²) >= 11 is 0. The van der Waals surface area contributed by atoms with Gasteiger partial charge < -0.3 is 15.2 Å². The normalized spacial score (nSPS) is 11.3. The Hall–Kier alpha value is -1.33. The molecule has 0 aliphatic carbocycles. The Morgan fingerprint density at radius 2 is 2.18 bits per heavy atom. The van der Waals surface area contributed by atoms with Crippen LogP contribution in [0.1, 0.15) is 12.5 Å². The second-order valence-corrected chi connectivity index (χ2v) is 3.24. The molecule has 0 radical (unpaired) electrons. The molecule has 0 saturated carbocycles. The van der Waals surface area contributed by atoms with Crippen molar-refractivity contribution in [3.8, 4) is 5.75 Å². The highest BCUT2D eigenvalue weighted by Gasteiger charge is 2.15. The molecular weight excluding hydrogens is 249 g/mol. The number of carbonyl (C=O) groups is 1. The van der Waals surface area contributed by atoms with Crippen molar-refractivity contribution in [3.05, 3.63) is 29.6 Å². The minimum absolute atomic E-state index is 0. The van der Waals surface area contributed by atoms with Gasteiger partial charge in [0, 0.05) is 18.2 Å². The van der Waals surface area contributed by atoms with Crippen LogP contribution in [0.5, 0.6) is 5.75 Å². The van der Waals surface area contributed by atoms with E-state index < -0.39 is 17.9 Å². The van der Waals surface area contributed by atoms with Crippen molar-refractivity contribution in [2.75, 3.05) is 7.11 Å². The molecule has 0 unspecified atom stereocenters. The first-order valence-electron chi connectivity index (χ1n) is 4.81. The van der Waals surface area contributed by atoms with Gasteiger partial charge in [0.2, 0.25) is 0 Å². The molecule has 0 aromatic heterocycles. The highest BCUT2D eigenvalue weighted by atomic mass is 35.5. The average molecular weight is 264 g/mol. The third-order valence-corrected chi connectivity index (χ3v) is 2.09. The second kappa shape index (κ2) is 7.09. The van der Waals surface area contributed by atoms with Crippen molar-refractivity contribution in [2.24, 2.45) is 5.73 Å². The third kappa shape index (κ3) is 4.20. The average Bonchev–Trinajstić information content (AvgIpc) is 2.28. The van der Waals surface area contributed by atoms with Crippen LogP contribution in [0, 0.1) is 5.82 Å². The minimum Gasteiger partial charge on any atom is -0.479 e. The fraction of sp³-hybridized carbons (Fsp3) is 0.364. The van der Waals surface area contributed by atoms with Crippen LogP contribution in [0.15, 0.2) is 18.2 Å². The van der Waals surface area contributed by atoms with Crippen LogP contribution < -0.4 is 10.5 Å². The van der Waals surface area contributed by atoms with Gasteiger partial charge >= 0.3 is 5.97 Å². The summed E-state index contributed by atoms with van der Waals surface area (Å²) in [6, 6.07) is 4.28. The van der Waals surface area contributed by atoms with Gasteiger partial charge in [-0.15, -0.1) is 12.4 Å². The summed E-state index contributed by atoms with van der Waals surface area (Å²) in [7, 11) is 1.26. The molecule has 0 saturated heterocycles. The summed E-state index contributed by atoms with van der Waals surface area (Å²) in [4.78, 5) is 11.1. The lowest BCUT2D eigenvalue weighted by atomic mass is 10.2. The summed E-state index contributed by atoms with van der Waals surface area (Å²) in [6.45, 7) is 1.65. The zero-order chi connectivity index (χ0) is 12.1. The van der Waals surface area contributed by atoms with Crippen molar-refractivity contribution in [1.82, 2.24) is 0 Å². The largest absolute Gasteiger partial charge is 0.479 e. The number of benzene rings is 1. The maximum atomic E-state index is 13.3. The Labute approximate surface area is 105 Å². The van der Waals surface area contributed by atoms with E-state index >= 15 is 0 Å². The highest BCUT2D eigenvalue weighted by molar-refractivity contribution is 5.85. The number of hydrogen-bond acceptors (Lipinski definition) is 4. The quantitative estimate of drug-likeness (QED) is 0.839. The molecule has 1 aromatic carbocycles. The molecule has 0 spiro atoms. The number of methoxy groups -OCH3 is 1. The number of ether oxygens (including phenoxy) is 2. The zero-order valence-electron chi connectivity index (χ0n) is 9.60. The first-order chi connectivity index (χ1) is 7.58. The predicted molar refractivity (Wildman–Crippen MR) is 63.6 cm³/mol. The van der Waals surface area contributed by atoms with E-state index in [2.05, 4.69) is 4.74 Å². The summed E-state index contributed by atoms with van der Waals surface area (Å²) in [6.07, 6.45) is -0.770. The minimum atomic E-state index is -0.770. The molecule has 0 fully saturated rings. The Morgan fingerprint density at radius 3 is 2.65 bits per heavy atom. The van der Waals surface area contributed by atoms with E-state index in [1.807, 2.05) is 0 Å².